The third-order valence-electron chi connectivity index (χ3n) is 4.69. The quantitative estimate of drug-likeness (QED) is 0.587. The monoisotopic (exact) mass is 440 g/mol. The van der Waals surface area contributed by atoms with Gasteiger partial charge in [0.05, 0.1) is 6.04 Å². The number of carbonyl (C=O) groups excluding carboxylic acids is 1. The van der Waals surface area contributed by atoms with Gasteiger partial charge >= 0.3 is 6.18 Å². The molecule has 2 aromatic heterocycles. The van der Waals surface area contributed by atoms with Crippen molar-refractivity contribution in [1.82, 2.24) is 15.1 Å². The van der Waals surface area contributed by atoms with Crippen LogP contribution in [0.4, 0.5) is 19.0 Å². The minimum Gasteiger partial charge on any atom is -0.361 e. The van der Waals surface area contributed by atoms with E-state index in [4.69, 9.17) is 11.6 Å². The van der Waals surface area contributed by atoms with Gasteiger partial charge in [0, 0.05) is 17.8 Å². The lowest BCUT2D eigenvalue weighted by molar-refractivity contribution is -0.173. The third-order valence-corrected chi connectivity index (χ3v) is 6.04. The summed E-state index contributed by atoms with van der Waals surface area (Å²) in [6.07, 6.45) is -4.76. The summed E-state index contributed by atoms with van der Waals surface area (Å²) in [6, 6.07) is 10.3. The lowest BCUT2D eigenvalue weighted by Gasteiger charge is -2.32. The molecule has 1 aliphatic heterocycles. The van der Waals surface area contributed by atoms with Gasteiger partial charge in [0.2, 0.25) is 0 Å². The summed E-state index contributed by atoms with van der Waals surface area (Å²) in [7, 11) is 0. The highest BCUT2D eigenvalue weighted by atomic mass is 35.5. The van der Waals surface area contributed by atoms with E-state index in [-0.39, 0.29) is 29.5 Å². The molecule has 0 bridgehead atoms. The number of rotatable bonds is 4. The number of benzene rings is 1. The van der Waals surface area contributed by atoms with Crippen LogP contribution < -0.4 is 10.6 Å². The highest BCUT2D eigenvalue weighted by molar-refractivity contribution is 7.10. The smallest absolute Gasteiger partial charge is 0.361 e. The van der Waals surface area contributed by atoms with Crippen LogP contribution in [-0.2, 0) is 6.54 Å². The maximum atomic E-state index is 13.7. The van der Waals surface area contributed by atoms with Crippen LogP contribution in [0.5, 0.6) is 0 Å². The van der Waals surface area contributed by atoms with Gasteiger partial charge in [-0.05, 0) is 17.0 Å². The molecule has 0 spiro atoms. The fourth-order valence-corrected chi connectivity index (χ4v) is 4.33. The van der Waals surface area contributed by atoms with Gasteiger partial charge in [-0.3, -0.25) is 4.79 Å². The van der Waals surface area contributed by atoms with Gasteiger partial charge in [-0.25, -0.2) is 4.68 Å². The number of nitrogens with one attached hydrogen (secondary N) is 2. The average molecular weight is 441 g/mol. The molecule has 3 aromatic rings. The summed E-state index contributed by atoms with van der Waals surface area (Å²) < 4.78 is 41.9. The summed E-state index contributed by atoms with van der Waals surface area (Å²) in [5.41, 5.74) is 0.621. The Bertz CT molecular complexity index is 1000. The van der Waals surface area contributed by atoms with Crippen molar-refractivity contribution in [3.8, 4) is 0 Å². The number of thiophene rings is 1. The van der Waals surface area contributed by atoms with Gasteiger partial charge < -0.3 is 10.6 Å². The number of anilines is 1. The van der Waals surface area contributed by atoms with Crippen molar-refractivity contribution in [2.45, 2.75) is 31.2 Å². The van der Waals surface area contributed by atoms with Crippen LogP contribution in [0.15, 0.2) is 47.8 Å². The number of hydrogen-bond donors (Lipinski definition) is 2. The Kier molecular flexibility index (Phi) is 5.26. The first-order chi connectivity index (χ1) is 13.8. The molecule has 0 saturated heterocycles. The molecular weight excluding hydrogens is 425 g/mol. The van der Waals surface area contributed by atoms with Gasteiger partial charge in [-0.2, -0.15) is 18.3 Å². The molecule has 0 aliphatic carbocycles. The molecule has 3 heterocycles. The summed E-state index contributed by atoms with van der Waals surface area (Å²) in [4.78, 5) is 13.3. The van der Waals surface area contributed by atoms with E-state index in [9.17, 15) is 18.0 Å². The van der Waals surface area contributed by atoms with Crippen molar-refractivity contribution in [3.05, 3.63) is 69.0 Å². The number of aromatic nitrogens is 2. The van der Waals surface area contributed by atoms with E-state index >= 15 is 0 Å². The van der Waals surface area contributed by atoms with E-state index in [0.29, 0.717) is 0 Å². The van der Waals surface area contributed by atoms with Crippen LogP contribution in [0.1, 0.15) is 39.4 Å². The van der Waals surface area contributed by atoms with E-state index in [2.05, 4.69) is 15.7 Å². The number of amides is 1. The molecule has 2 N–H and O–H groups in total. The normalized spacial score (nSPS) is 18.8. The van der Waals surface area contributed by atoms with Crippen LogP contribution in [0, 0.1) is 0 Å². The van der Waals surface area contributed by atoms with Crippen LogP contribution >= 0.6 is 22.9 Å². The minimum absolute atomic E-state index is 0.00324. The van der Waals surface area contributed by atoms with Gasteiger partial charge in [-0.1, -0.05) is 48.0 Å². The number of carbonyl (C=O) groups is 1. The molecule has 0 fully saturated rings. The fourth-order valence-electron chi connectivity index (χ4n) is 3.27. The second-order valence-corrected chi connectivity index (χ2v) is 7.99. The Balaban J connectivity index is 1.63. The molecule has 0 radical (unpaired) electrons. The third kappa shape index (κ3) is 3.97. The largest absolute Gasteiger partial charge is 0.410 e. The number of nitrogens with zero attached hydrogens (tertiary/aromatic N) is 2. The van der Waals surface area contributed by atoms with Crippen molar-refractivity contribution in [1.29, 1.82) is 0 Å². The molecule has 0 unspecified atom stereocenters. The Morgan fingerprint density at radius 1 is 1.28 bits per heavy atom. The second kappa shape index (κ2) is 7.72. The van der Waals surface area contributed by atoms with Crippen LogP contribution in [0.3, 0.4) is 0 Å². The summed E-state index contributed by atoms with van der Waals surface area (Å²) in [5.74, 6) is -0.625. The van der Waals surface area contributed by atoms with Crippen molar-refractivity contribution < 1.29 is 18.0 Å². The molecule has 1 aromatic carbocycles. The number of halogens is 4. The summed E-state index contributed by atoms with van der Waals surface area (Å²) >= 11 is 7.65. The lowest BCUT2D eigenvalue weighted by atomic mass is 10.0. The van der Waals surface area contributed by atoms with Crippen molar-refractivity contribution in [3.63, 3.8) is 0 Å². The van der Waals surface area contributed by atoms with Crippen molar-refractivity contribution in [2.75, 3.05) is 5.32 Å². The van der Waals surface area contributed by atoms with E-state index in [1.807, 2.05) is 30.3 Å². The lowest BCUT2D eigenvalue weighted by Crippen LogP contribution is -2.35. The van der Waals surface area contributed by atoms with E-state index in [1.165, 1.54) is 11.3 Å². The zero-order valence-corrected chi connectivity index (χ0v) is 16.5. The van der Waals surface area contributed by atoms with E-state index in [1.54, 1.807) is 17.5 Å². The van der Waals surface area contributed by atoms with Gasteiger partial charge in [0.25, 0.3) is 5.91 Å². The van der Waals surface area contributed by atoms with Crippen molar-refractivity contribution >= 4 is 34.7 Å². The molecule has 0 saturated carbocycles. The highest BCUT2D eigenvalue weighted by Gasteiger charge is 2.48. The molecule has 5 nitrogen and oxygen atoms in total. The van der Waals surface area contributed by atoms with Crippen LogP contribution in [0.2, 0.25) is 5.02 Å². The average Bonchev–Trinajstić information content (AvgIpc) is 3.34. The molecular formula is C19H16ClF3N4OS. The van der Waals surface area contributed by atoms with Gasteiger partial charge in [-0.15, -0.1) is 11.3 Å². The van der Waals surface area contributed by atoms with Crippen molar-refractivity contribution in [2.24, 2.45) is 0 Å². The summed E-state index contributed by atoms with van der Waals surface area (Å²) in [6.45, 7) is 0.214. The molecule has 152 valence electrons. The molecule has 29 heavy (non-hydrogen) atoms. The Morgan fingerprint density at radius 3 is 2.69 bits per heavy atom. The molecule has 2 atom stereocenters. The van der Waals surface area contributed by atoms with Gasteiger partial charge in [0.15, 0.2) is 11.7 Å². The maximum absolute atomic E-state index is 13.7. The first-order valence-electron chi connectivity index (χ1n) is 8.81. The highest BCUT2D eigenvalue weighted by Crippen LogP contribution is 2.46. The number of fused-ring (bicyclic) bond motifs is 1. The van der Waals surface area contributed by atoms with E-state index < -0.39 is 24.2 Å². The number of alkyl halides is 3. The standard InChI is InChI=1S/C19H16ClF3N4OS/c20-15-16(18(28)24-10-11-5-2-1-3-6-11)26-27-14(19(21,22)23)9-12(25-17(15)27)13-7-4-8-29-13/h1-8,12,14,25H,9-10H2,(H,24,28)/t12-,14-/m0/s1. The minimum atomic E-state index is -4.53. The maximum Gasteiger partial charge on any atom is 0.410 e. The molecule has 10 heteroatoms. The van der Waals surface area contributed by atoms with Crippen LogP contribution in [-0.4, -0.2) is 21.9 Å². The molecule has 4 rings (SSSR count). The predicted octanol–water partition coefficient (Wildman–Crippen LogP) is 5.19. The Morgan fingerprint density at radius 2 is 2.03 bits per heavy atom. The molecule has 1 aliphatic rings. The topological polar surface area (TPSA) is 59.0 Å². The first-order valence-corrected chi connectivity index (χ1v) is 10.1. The Hall–Kier alpha value is -2.52. The first kappa shape index (κ1) is 19.8. The predicted molar refractivity (Wildman–Crippen MR) is 105 cm³/mol. The fraction of sp³-hybridized carbons (Fsp3) is 0.263. The SMILES string of the molecule is O=C(NCc1ccccc1)c1nn2c(c1Cl)N[C@H](c1cccs1)C[C@H]2C(F)(F)F. The second-order valence-electron chi connectivity index (χ2n) is 6.63. The van der Waals surface area contributed by atoms with Crippen LogP contribution in [0.25, 0.3) is 0 Å². The zero-order chi connectivity index (χ0) is 20.6. The Labute approximate surface area is 173 Å². The summed E-state index contributed by atoms with van der Waals surface area (Å²) in [5, 5.41) is 11.3. The van der Waals surface area contributed by atoms with E-state index in [0.717, 1.165) is 15.1 Å². The molecule has 1 amide bonds. The van der Waals surface area contributed by atoms with Gasteiger partial charge in [0.1, 0.15) is 10.8 Å². The zero-order valence-electron chi connectivity index (χ0n) is 14.9. The number of hydrogen-bond acceptors (Lipinski definition) is 4.